The van der Waals surface area contributed by atoms with Crippen LogP contribution in [0.15, 0.2) is 0 Å². The summed E-state index contributed by atoms with van der Waals surface area (Å²) in [5.74, 6) is 0.330. The number of ketones is 1. The van der Waals surface area contributed by atoms with Gasteiger partial charge >= 0.3 is 147 Å². The maximum atomic E-state index is 11.8. The molecule has 0 radical (unpaired) electrons. The number of hydrogen-bond acceptors (Lipinski definition) is 3. The maximum absolute atomic E-state index is 11.8. The van der Waals surface area contributed by atoms with Gasteiger partial charge in [0, 0.05) is 0 Å². The van der Waals surface area contributed by atoms with Crippen molar-refractivity contribution in [2.75, 3.05) is 7.05 Å². The van der Waals surface area contributed by atoms with Gasteiger partial charge in [-0.15, -0.1) is 0 Å². The third-order valence-electron chi connectivity index (χ3n) is 2.52. The number of rotatable bonds is 12. The Bertz CT molecular complexity index is 341. The van der Waals surface area contributed by atoms with Crippen molar-refractivity contribution in [3.8, 4) is 0 Å². The molecule has 1 unspecified atom stereocenters. The third-order valence-corrected chi connectivity index (χ3v) is 10.3. The molecule has 122 valence electrons. The van der Waals surface area contributed by atoms with Crippen LogP contribution in [0.2, 0.25) is 16.0 Å². The van der Waals surface area contributed by atoms with Gasteiger partial charge in [0.15, 0.2) is 0 Å². The van der Waals surface area contributed by atoms with E-state index in [2.05, 4.69) is 26.6 Å². The molecule has 0 saturated heterocycles. The second-order valence-corrected chi connectivity index (χ2v) is 13.3. The van der Waals surface area contributed by atoms with Crippen LogP contribution in [0.3, 0.4) is 0 Å². The molecule has 2 N–H and O–H groups in total. The molecule has 0 aromatic carbocycles. The zero-order valence-electron chi connectivity index (χ0n) is 12.5. The number of carbonyl (C=O) groups excluding carboxylic acids is 3. The van der Waals surface area contributed by atoms with Gasteiger partial charge in [-0.05, 0) is 0 Å². The van der Waals surface area contributed by atoms with Crippen LogP contribution in [0.5, 0.6) is 0 Å². The molecule has 5 nitrogen and oxygen atoms in total. The second kappa shape index (κ2) is 13.8. The van der Waals surface area contributed by atoms with E-state index in [1.54, 1.807) is 7.05 Å². The van der Waals surface area contributed by atoms with E-state index in [1.807, 2.05) is 6.92 Å². The average molecular weight is 493 g/mol. The minimum absolute atomic E-state index is 0.0117. The summed E-state index contributed by atoms with van der Waals surface area (Å²) in [6.07, 6.45) is 2.12. The molecule has 0 spiro atoms. The van der Waals surface area contributed by atoms with Crippen LogP contribution in [-0.2, 0) is 14.4 Å². The number of carbonyl (C=O) groups is 3. The van der Waals surface area contributed by atoms with Gasteiger partial charge in [0.2, 0.25) is 0 Å². The fourth-order valence-corrected chi connectivity index (χ4v) is 8.00. The first-order valence-corrected chi connectivity index (χ1v) is 14.9. The number of nitrogens with one attached hydrogen (secondary N) is 2. The van der Waals surface area contributed by atoms with Crippen LogP contribution in [0.4, 0.5) is 0 Å². The summed E-state index contributed by atoms with van der Waals surface area (Å²) in [4.78, 5) is 34.2. The van der Waals surface area contributed by atoms with E-state index in [9.17, 15) is 14.4 Å². The molecule has 0 aromatic rings. The number of Topliss-reactive ketones (excluding diaryl/α,β-unsaturated/α-hetero) is 1. The quantitative estimate of drug-likeness (QED) is 0.294. The van der Waals surface area contributed by atoms with Gasteiger partial charge in [-0.25, -0.2) is 0 Å². The average Bonchev–Trinajstić information content (AvgIpc) is 2.42. The molecular formula is C13H24N2O3Se3. The van der Waals surface area contributed by atoms with Gasteiger partial charge in [-0.2, -0.15) is 0 Å². The Hall–Kier alpha value is 0.168. The zero-order chi connectivity index (χ0) is 16.1. The third kappa shape index (κ3) is 13.5. The fraction of sp³-hybridized carbons (Fsp3) is 0.769. The molecule has 8 heteroatoms. The Morgan fingerprint density at radius 3 is 2.24 bits per heavy atom. The normalized spacial score (nSPS) is 11.8. The van der Waals surface area contributed by atoms with Crippen molar-refractivity contribution < 1.29 is 14.4 Å². The van der Waals surface area contributed by atoms with Crippen molar-refractivity contribution in [3.63, 3.8) is 0 Å². The van der Waals surface area contributed by atoms with Gasteiger partial charge in [0.05, 0.1) is 0 Å². The van der Waals surface area contributed by atoms with Gasteiger partial charge < -0.3 is 0 Å². The molecule has 0 saturated carbocycles. The molecule has 0 rings (SSSR count). The van der Waals surface area contributed by atoms with Crippen molar-refractivity contribution in [2.45, 2.75) is 54.6 Å². The number of hydrogen-bond donors (Lipinski definition) is 2. The first kappa shape index (κ1) is 21.2. The summed E-state index contributed by atoms with van der Waals surface area (Å²) in [6, 6.07) is -0.0738. The molecular weight excluding hydrogens is 469 g/mol. The van der Waals surface area contributed by atoms with Crippen molar-refractivity contribution >= 4 is 59.9 Å². The van der Waals surface area contributed by atoms with Crippen LogP contribution < -0.4 is 10.6 Å². The van der Waals surface area contributed by atoms with Gasteiger partial charge in [0.25, 0.3) is 0 Å². The molecule has 0 fully saturated rings. The van der Waals surface area contributed by atoms with Crippen molar-refractivity contribution in [1.29, 1.82) is 0 Å². The minimum atomic E-state index is -0.0738. The van der Waals surface area contributed by atoms with Gasteiger partial charge in [-0.1, -0.05) is 0 Å². The van der Waals surface area contributed by atoms with E-state index in [1.165, 1.54) is 0 Å². The van der Waals surface area contributed by atoms with Crippen molar-refractivity contribution in [2.24, 2.45) is 0 Å². The van der Waals surface area contributed by atoms with E-state index in [0.717, 1.165) is 16.0 Å². The van der Waals surface area contributed by atoms with Crippen LogP contribution in [-0.4, -0.2) is 73.0 Å². The van der Waals surface area contributed by atoms with E-state index in [-0.39, 0.29) is 23.6 Å². The topological polar surface area (TPSA) is 75.3 Å². The first-order valence-electron chi connectivity index (χ1n) is 6.86. The summed E-state index contributed by atoms with van der Waals surface area (Å²) < 4.78 is 0. The molecule has 1 atom stereocenters. The molecule has 0 aliphatic rings. The van der Waals surface area contributed by atoms with E-state index in [4.69, 9.17) is 0 Å². The van der Waals surface area contributed by atoms with Gasteiger partial charge in [-0.3, -0.25) is 0 Å². The van der Waals surface area contributed by atoms with Crippen LogP contribution in [0, 0.1) is 0 Å². The fourth-order valence-electron chi connectivity index (χ4n) is 1.48. The van der Waals surface area contributed by atoms with Gasteiger partial charge in [0.1, 0.15) is 0 Å². The summed E-state index contributed by atoms with van der Waals surface area (Å²) in [5, 5.41) is 8.12. The van der Waals surface area contributed by atoms with Crippen LogP contribution in [0.25, 0.3) is 0 Å². The predicted molar refractivity (Wildman–Crippen MR) is 88.2 cm³/mol. The number of amides is 2. The Kier molecular flexibility index (Phi) is 13.9. The molecule has 21 heavy (non-hydrogen) atoms. The van der Waals surface area contributed by atoms with E-state index >= 15 is 0 Å². The van der Waals surface area contributed by atoms with E-state index < -0.39 is 0 Å². The zero-order valence-corrected chi connectivity index (χ0v) is 17.8. The molecule has 0 aliphatic carbocycles. The summed E-state index contributed by atoms with van der Waals surface area (Å²) in [5.41, 5.74) is 0. The Labute approximate surface area is 146 Å². The summed E-state index contributed by atoms with van der Waals surface area (Å²) in [7, 11) is 1.65. The molecule has 0 aromatic heterocycles. The van der Waals surface area contributed by atoms with Crippen molar-refractivity contribution in [3.05, 3.63) is 0 Å². The second-order valence-electron chi connectivity index (χ2n) is 4.50. The molecule has 2 amide bonds. The molecule has 0 bridgehead atoms. The standard InChI is InChI=1S/C13H24N2O3Se3/c1-10(15-13(18)3-6-19)9-11(16)4-7-20-21-8-5-12(17)14-2/h10,19H,3-9H2,1-2H3,(H,14,17)(H,15,18). The SMILES string of the molecule is CNC(=O)CC[Se][Se]CCC(=O)CC(C)NC(=O)CC[SeH]. The summed E-state index contributed by atoms with van der Waals surface area (Å²) in [6.45, 7) is 1.87. The van der Waals surface area contributed by atoms with Crippen LogP contribution >= 0.6 is 0 Å². The predicted octanol–water partition coefficient (Wildman–Crippen LogP) is -0.154. The molecule has 0 heterocycles. The van der Waals surface area contributed by atoms with E-state index in [0.29, 0.717) is 51.9 Å². The monoisotopic (exact) mass is 496 g/mol. The van der Waals surface area contributed by atoms with Crippen molar-refractivity contribution in [1.82, 2.24) is 10.6 Å². The first-order chi connectivity index (χ1) is 9.99. The Morgan fingerprint density at radius 1 is 1.05 bits per heavy atom. The van der Waals surface area contributed by atoms with Crippen LogP contribution in [0.1, 0.15) is 32.6 Å². The Morgan fingerprint density at radius 2 is 1.67 bits per heavy atom. The molecule has 0 aliphatic heterocycles. The Balaban J connectivity index is 3.57. The summed E-state index contributed by atoms with van der Waals surface area (Å²) >= 11 is 3.37.